The van der Waals surface area contributed by atoms with E-state index in [0.717, 1.165) is 61.3 Å². The van der Waals surface area contributed by atoms with Crippen LogP contribution in [0.5, 0.6) is 0 Å². The van der Waals surface area contributed by atoms with Gasteiger partial charge in [-0.25, -0.2) is 0 Å². The molecule has 0 radical (unpaired) electrons. The third-order valence-electron chi connectivity index (χ3n) is 11.8. The van der Waals surface area contributed by atoms with Gasteiger partial charge in [-0.3, -0.25) is 9.59 Å². The Morgan fingerprint density at radius 3 is 0.934 bits per heavy atom. The van der Waals surface area contributed by atoms with Crippen molar-refractivity contribution in [1.82, 2.24) is 0 Å². The van der Waals surface area contributed by atoms with Gasteiger partial charge in [-0.15, -0.1) is 68.0 Å². The molecule has 14 heteroatoms. The second-order valence-electron chi connectivity index (χ2n) is 16.8. The molecule has 6 nitrogen and oxygen atoms in total. The molecule has 6 heterocycles. The van der Waals surface area contributed by atoms with Crippen LogP contribution >= 0.6 is 90.6 Å². The summed E-state index contributed by atoms with van der Waals surface area (Å²) >= 11 is 12.6. The third kappa shape index (κ3) is 12.9. The van der Waals surface area contributed by atoms with Crippen LogP contribution < -0.4 is 15.3 Å². The highest BCUT2D eigenvalue weighted by molar-refractivity contribution is 14.1. The molecule has 0 saturated heterocycles. The normalized spacial score (nSPS) is 10.7. The summed E-state index contributed by atoms with van der Waals surface area (Å²) in [5, 5.41) is 18.5. The van der Waals surface area contributed by atoms with Gasteiger partial charge in [0.25, 0.3) is 0 Å². The van der Waals surface area contributed by atoms with E-state index in [1.54, 1.807) is 57.5 Å². The molecule has 12 aromatic rings. The standard InChI is InChI=1S/C31H21NOS3.C18H16BNO2.C13H7IOS3/c33-21-26-15-16-28(34-26)29-19-20-31(36-29)30-18-17-27(35-30)22-11-13-25(14-12-22)32(23-7-3-1-4-8-23)24-9-5-2-6-10-24;21-19(22)15-11-13-18(14-12-15)20(16-7-3-1-4-8-16)17-9-5-2-6-10-17;14-13-6-5-12(18-13)11-4-3-10(17-11)9-2-1-8(7-15)16-9/h1-21H;1-14,21-22H;1-7H. The van der Waals surface area contributed by atoms with E-state index in [1.807, 2.05) is 121 Å². The zero-order valence-corrected chi connectivity index (χ0v) is 47.3. The van der Waals surface area contributed by atoms with Crippen LogP contribution in [-0.2, 0) is 0 Å². The first-order valence-electron chi connectivity index (χ1n) is 23.8. The van der Waals surface area contributed by atoms with E-state index in [0.29, 0.717) is 5.46 Å². The summed E-state index contributed by atoms with van der Waals surface area (Å²) in [7, 11) is -1.45. The predicted octanol–water partition coefficient (Wildman–Crippen LogP) is 18.6. The van der Waals surface area contributed by atoms with Crippen molar-refractivity contribution < 1.29 is 19.6 Å². The highest BCUT2D eigenvalue weighted by Gasteiger charge is 2.17. The number of nitrogens with zero attached hydrogens (tertiary/aromatic N) is 2. The first kappa shape index (κ1) is 52.6. The number of para-hydroxylation sites is 4. The first-order chi connectivity index (χ1) is 37.3. The molecule has 372 valence electrons. The lowest BCUT2D eigenvalue weighted by molar-refractivity contribution is 0.111. The number of carbonyl (C=O) groups is 2. The van der Waals surface area contributed by atoms with Gasteiger partial charge in [0.1, 0.15) is 0 Å². The molecule has 0 amide bonds. The van der Waals surface area contributed by atoms with Crippen LogP contribution in [0.2, 0.25) is 0 Å². The maximum atomic E-state index is 11.0. The summed E-state index contributed by atoms with van der Waals surface area (Å²) < 4.78 is 1.30. The molecule has 0 aliphatic heterocycles. The van der Waals surface area contributed by atoms with Crippen molar-refractivity contribution in [2.45, 2.75) is 0 Å². The van der Waals surface area contributed by atoms with Crippen LogP contribution in [0.1, 0.15) is 19.3 Å². The van der Waals surface area contributed by atoms with Crippen molar-refractivity contribution in [2.75, 3.05) is 9.80 Å². The molecule has 6 aromatic carbocycles. The Morgan fingerprint density at radius 2 is 0.605 bits per heavy atom. The van der Waals surface area contributed by atoms with Gasteiger partial charge >= 0.3 is 7.12 Å². The van der Waals surface area contributed by atoms with E-state index < -0.39 is 7.12 Å². The maximum Gasteiger partial charge on any atom is 0.488 e. The van der Waals surface area contributed by atoms with E-state index in [4.69, 9.17) is 0 Å². The summed E-state index contributed by atoms with van der Waals surface area (Å²) in [6, 6.07) is 82.2. The van der Waals surface area contributed by atoms with Crippen LogP contribution in [0.4, 0.5) is 34.1 Å². The number of carbonyl (C=O) groups excluding carboxylic acids is 2. The van der Waals surface area contributed by atoms with E-state index in [9.17, 15) is 19.6 Å². The van der Waals surface area contributed by atoms with E-state index >= 15 is 0 Å². The molecule has 76 heavy (non-hydrogen) atoms. The fraction of sp³-hybridized carbons (Fsp3) is 0. The zero-order valence-electron chi connectivity index (χ0n) is 40.3. The Kier molecular flexibility index (Phi) is 17.5. The van der Waals surface area contributed by atoms with E-state index in [-0.39, 0.29) is 0 Å². The second-order valence-corrected chi connectivity index (χ2v) is 25.2. The number of hydrogen-bond acceptors (Lipinski definition) is 12. The lowest BCUT2D eigenvalue weighted by Crippen LogP contribution is -2.29. The van der Waals surface area contributed by atoms with Crippen LogP contribution in [0.15, 0.2) is 243 Å². The molecular weight excluding hydrogens is 1170 g/mol. The molecule has 0 aliphatic rings. The topological polar surface area (TPSA) is 81.1 Å². The number of benzene rings is 6. The fourth-order valence-corrected chi connectivity index (χ4v) is 14.8. The summed E-state index contributed by atoms with van der Waals surface area (Å²) in [5.74, 6) is 0. The van der Waals surface area contributed by atoms with Gasteiger partial charge in [-0.1, -0.05) is 97.1 Å². The molecule has 0 spiro atoms. The Balaban J connectivity index is 0.000000140. The number of aldehydes is 2. The minimum absolute atomic E-state index is 0.477. The number of hydrogen-bond donors (Lipinski definition) is 2. The monoisotopic (exact) mass is 1210 g/mol. The molecule has 0 bridgehead atoms. The van der Waals surface area contributed by atoms with Crippen molar-refractivity contribution in [3.8, 4) is 49.5 Å². The number of halogens is 1. The van der Waals surface area contributed by atoms with Gasteiger partial charge in [-0.05, 0) is 179 Å². The van der Waals surface area contributed by atoms with Crippen LogP contribution in [0.25, 0.3) is 49.5 Å². The highest BCUT2D eigenvalue weighted by atomic mass is 127. The summed E-state index contributed by atoms with van der Waals surface area (Å²) in [6.45, 7) is 0. The van der Waals surface area contributed by atoms with Crippen molar-refractivity contribution in [2.24, 2.45) is 0 Å². The number of anilines is 6. The SMILES string of the molecule is O=Cc1ccc(-c2ccc(-c3ccc(-c4ccc(N(c5ccccc5)c5ccccc5)cc4)s3)s2)s1.O=Cc1ccc(-c2ccc(-c3ccc(I)s3)s2)s1.OB(O)c1ccc(N(c2ccccc2)c2ccccc2)cc1. The van der Waals surface area contributed by atoms with Crippen molar-refractivity contribution >= 4 is 150 Å². The first-order valence-corrected chi connectivity index (χ1v) is 29.8. The minimum Gasteiger partial charge on any atom is -0.423 e. The smallest absolute Gasteiger partial charge is 0.423 e. The second kappa shape index (κ2) is 25.3. The van der Waals surface area contributed by atoms with Crippen molar-refractivity contribution in [3.63, 3.8) is 0 Å². The van der Waals surface area contributed by atoms with Crippen LogP contribution in [0.3, 0.4) is 0 Å². The van der Waals surface area contributed by atoms with Gasteiger partial charge in [-0.2, -0.15) is 0 Å². The molecule has 0 saturated carbocycles. The molecule has 0 aliphatic carbocycles. The molecule has 0 unspecified atom stereocenters. The number of rotatable bonds is 14. The van der Waals surface area contributed by atoms with Gasteiger partial charge in [0.2, 0.25) is 0 Å². The quantitative estimate of drug-likeness (QED) is 0.0641. The van der Waals surface area contributed by atoms with E-state index in [1.165, 1.54) is 58.8 Å². The van der Waals surface area contributed by atoms with E-state index in [2.05, 4.69) is 154 Å². The Morgan fingerprint density at radius 1 is 0.316 bits per heavy atom. The Hall–Kier alpha value is -6.83. The largest absolute Gasteiger partial charge is 0.488 e. The summed E-state index contributed by atoms with van der Waals surface area (Å²) in [4.78, 5) is 38.8. The Labute approximate surface area is 479 Å². The predicted molar refractivity (Wildman–Crippen MR) is 336 cm³/mol. The third-order valence-corrected chi connectivity index (χ3v) is 19.8. The number of thiophene rings is 6. The lowest BCUT2D eigenvalue weighted by atomic mass is 9.80. The molecule has 12 rings (SSSR count). The summed E-state index contributed by atoms with van der Waals surface area (Å²) in [6.07, 6.45) is 1.82. The maximum absolute atomic E-state index is 11.0. The molecule has 0 fully saturated rings. The lowest BCUT2D eigenvalue weighted by Gasteiger charge is -2.25. The van der Waals surface area contributed by atoms with Gasteiger partial charge in [0, 0.05) is 78.0 Å². The van der Waals surface area contributed by atoms with Crippen molar-refractivity contribution in [1.29, 1.82) is 0 Å². The van der Waals surface area contributed by atoms with Crippen LogP contribution in [-0.4, -0.2) is 29.7 Å². The Bertz CT molecular complexity index is 3680. The average molecular weight is 1210 g/mol. The van der Waals surface area contributed by atoms with Crippen molar-refractivity contribution in [3.05, 3.63) is 255 Å². The molecule has 0 atom stereocenters. The fourth-order valence-electron chi connectivity index (χ4n) is 8.15. The van der Waals surface area contributed by atoms with Gasteiger partial charge < -0.3 is 19.8 Å². The zero-order chi connectivity index (χ0) is 52.2. The molecular formula is C62H44BIN2O4S6. The molecule has 2 N–H and O–H groups in total. The van der Waals surface area contributed by atoms with Gasteiger partial charge in [0.05, 0.1) is 12.6 Å². The average Bonchev–Trinajstić information content (AvgIpc) is 4.35. The molecule has 6 aromatic heterocycles. The summed E-state index contributed by atoms with van der Waals surface area (Å²) in [5.41, 5.74) is 8.13. The van der Waals surface area contributed by atoms with Crippen LogP contribution in [0, 0.1) is 2.88 Å². The van der Waals surface area contributed by atoms with Gasteiger partial charge in [0.15, 0.2) is 12.6 Å². The minimum atomic E-state index is -1.45. The highest BCUT2D eigenvalue weighted by Crippen LogP contribution is 2.44.